The van der Waals surface area contributed by atoms with Crippen LogP contribution in [-0.2, 0) is 0 Å². The lowest BCUT2D eigenvalue weighted by Gasteiger charge is -2.19. The molecule has 0 aliphatic rings. The van der Waals surface area contributed by atoms with Crippen LogP contribution in [-0.4, -0.2) is 44.9 Å². The fourth-order valence-electron chi connectivity index (χ4n) is 4.00. The van der Waals surface area contributed by atoms with Crippen LogP contribution in [0.25, 0.3) is 22.5 Å². The van der Waals surface area contributed by atoms with Crippen molar-refractivity contribution in [2.75, 3.05) is 18.8 Å². The lowest BCUT2D eigenvalue weighted by atomic mass is 10.1. The summed E-state index contributed by atoms with van der Waals surface area (Å²) in [4.78, 5) is 21.5. The Morgan fingerprint density at radius 3 is 2.06 bits per heavy atom. The maximum Gasteiger partial charge on any atom is 0.407 e. The number of imidazole rings is 1. The Morgan fingerprint density at radius 2 is 1.44 bits per heavy atom. The van der Waals surface area contributed by atoms with E-state index in [4.69, 9.17) is 4.98 Å². The van der Waals surface area contributed by atoms with Gasteiger partial charge >= 0.3 is 6.09 Å². The number of benzene rings is 2. The number of nitrogens with zero attached hydrogens (tertiary/aromatic N) is 2. The summed E-state index contributed by atoms with van der Waals surface area (Å²) in [5.41, 5.74) is 4.26. The van der Waals surface area contributed by atoms with Gasteiger partial charge in [-0.3, -0.25) is 0 Å². The molecule has 0 atom stereocenters. The Balaban J connectivity index is 1.47. The Morgan fingerprint density at radius 1 is 0.853 bits per heavy atom. The zero-order valence-corrected chi connectivity index (χ0v) is 21.0. The van der Waals surface area contributed by atoms with Gasteiger partial charge in [0.2, 0.25) is 0 Å². The fourth-order valence-corrected chi connectivity index (χ4v) is 4.87. The van der Waals surface area contributed by atoms with Crippen molar-refractivity contribution in [3.05, 3.63) is 60.7 Å². The average Bonchev–Trinajstić information content (AvgIpc) is 3.30. The minimum atomic E-state index is -0.790. The Bertz CT molecular complexity index is 919. The van der Waals surface area contributed by atoms with Crippen molar-refractivity contribution >= 4 is 17.9 Å². The zero-order valence-electron chi connectivity index (χ0n) is 20.2. The van der Waals surface area contributed by atoms with E-state index in [9.17, 15) is 9.90 Å². The van der Waals surface area contributed by atoms with Crippen molar-refractivity contribution < 1.29 is 9.90 Å². The molecule has 1 aromatic heterocycles. The van der Waals surface area contributed by atoms with Crippen LogP contribution in [0.15, 0.2) is 65.8 Å². The standard InChI is InChI=1S/C28H37N3O2S/c1-2-3-4-5-13-20-31(28(32)33)21-14-8-15-22-34-27-29-25(23-16-9-6-10-17-23)26(30-27)24-18-11-7-12-19-24/h6-7,9-12,16-19H,2-5,8,13-15,20-22H2,1H3,(H,29,30)(H,32,33). The Kier molecular flexibility index (Phi) is 11.0. The number of nitrogens with one attached hydrogen (secondary N) is 1. The first-order valence-electron chi connectivity index (χ1n) is 12.5. The number of unbranched alkanes of at least 4 members (excludes halogenated alkanes) is 6. The molecule has 1 heterocycles. The largest absolute Gasteiger partial charge is 0.465 e. The van der Waals surface area contributed by atoms with E-state index in [0.717, 1.165) is 65.5 Å². The second-order valence-electron chi connectivity index (χ2n) is 8.59. The highest BCUT2D eigenvalue weighted by atomic mass is 32.2. The molecule has 5 nitrogen and oxygen atoms in total. The number of carbonyl (C=O) groups is 1. The van der Waals surface area contributed by atoms with Gasteiger partial charge in [0, 0.05) is 30.0 Å². The molecule has 0 spiro atoms. The van der Waals surface area contributed by atoms with E-state index < -0.39 is 6.09 Å². The summed E-state index contributed by atoms with van der Waals surface area (Å²) in [5, 5.41) is 10.4. The molecule has 0 fully saturated rings. The molecule has 2 N–H and O–H groups in total. The molecular formula is C28H37N3O2S. The number of H-pyrrole nitrogens is 1. The first-order chi connectivity index (χ1) is 16.7. The first kappa shape index (κ1) is 25.9. The normalized spacial score (nSPS) is 11.0. The number of aromatic amines is 1. The molecule has 0 saturated carbocycles. The van der Waals surface area contributed by atoms with Gasteiger partial charge in [0.1, 0.15) is 0 Å². The van der Waals surface area contributed by atoms with Gasteiger partial charge in [0.25, 0.3) is 0 Å². The molecule has 3 aromatic rings. The van der Waals surface area contributed by atoms with Gasteiger partial charge in [-0.25, -0.2) is 9.78 Å². The molecule has 6 heteroatoms. The molecule has 34 heavy (non-hydrogen) atoms. The van der Waals surface area contributed by atoms with Gasteiger partial charge in [-0.2, -0.15) is 0 Å². The fraction of sp³-hybridized carbons (Fsp3) is 0.429. The summed E-state index contributed by atoms with van der Waals surface area (Å²) in [6.45, 7) is 3.48. The monoisotopic (exact) mass is 479 g/mol. The van der Waals surface area contributed by atoms with E-state index in [1.54, 1.807) is 16.7 Å². The molecule has 0 saturated heterocycles. The smallest absolute Gasteiger partial charge is 0.407 e. The van der Waals surface area contributed by atoms with Crippen molar-refractivity contribution in [2.24, 2.45) is 0 Å². The summed E-state index contributed by atoms with van der Waals surface area (Å²) in [5.74, 6) is 0.958. The van der Waals surface area contributed by atoms with Gasteiger partial charge < -0.3 is 15.0 Å². The number of hydrogen-bond acceptors (Lipinski definition) is 3. The summed E-state index contributed by atoms with van der Waals surface area (Å²) in [7, 11) is 0. The SMILES string of the molecule is CCCCCCCN(CCCCCSc1nc(-c2ccccc2)c(-c2ccccc2)[nH]1)C(=O)O. The average molecular weight is 480 g/mol. The van der Waals surface area contributed by atoms with Crippen molar-refractivity contribution in [2.45, 2.75) is 63.4 Å². The first-order valence-corrected chi connectivity index (χ1v) is 13.5. The van der Waals surface area contributed by atoms with Crippen LogP contribution in [0, 0.1) is 0 Å². The summed E-state index contributed by atoms with van der Waals surface area (Å²) >= 11 is 1.73. The molecule has 0 aliphatic heterocycles. The van der Waals surface area contributed by atoms with Gasteiger partial charge in [-0.15, -0.1) is 0 Å². The third-order valence-corrected chi connectivity index (χ3v) is 6.86. The quantitative estimate of drug-likeness (QED) is 0.171. The molecule has 182 valence electrons. The Hall–Kier alpha value is -2.73. The third-order valence-electron chi connectivity index (χ3n) is 5.91. The zero-order chi connectivity index (χ0) is 24.0. The number of aromatic nitrogens is 2. The van der Waals surface area contributed by atoms with E-state index in [2.05, 4.69) is 36.2 Å². The van der Waals surface area contributed by atoms with Crippen molar-refractivity contribution in [1.82, 2.24) is 14.9 Å². The highest BCUT2D eigenvalue weighted by Crippen LogP contribution is 2.32. The number of amides is 1. The van der Waals surface area contributed by atoms with Gasteiger partial charge in [0.15, 0.2) is 5.16 Å². The third kappa shape index (κ3) is 8.24. The molecule has 0 radical (unpaired) electrons. The van der Waals surface area contributed by atoms with E-state index in [1.807, 2.05) is 36.4 Å². The van der Waals surface area contributed by atoms with Crippen LogP contribution >= 0.6 is 11.8 Å². The molecule has 0 unspecified atom stereocenters. The predicted octanol–water partition coefficient (Wildman–Crippen LogP) is 7.96. The maximum atomic E-state index is 11.5. The Labute approximate surface area is 208 Å². The number of thioether (sulfide) groups is 1. The predicted molar refractivity (Wildman–Crippen MR) is 142 cm³/mol. The second-order valence-corrected chi connectivity index (χ2v) is 9.67. The molecule has 3 rings (SSSR count). The van der Waals surface area contributed by atoms with Crippen molar-refractivity contribution in [1.29, 1.82) is 0 Å². The van der Waals surface area contributed by atoms with Gasteiger partial charge in [0.05, 0.1) is 11.4 Å². The summed E-state index contributed by atoms with van der Waals surface area (Å²) in [6, 6.07) is 20.6. The highest BCUT2D eigenvalue weighted by molar-refractivity contribution is 7.99. The lowest BCUT2D eigenvalue weighted by Crippen LogP contribution is -2.31. The minimum Gasteiger partial charge on any atom is -0.465 e. The molecule has 1 amide bonds. The maximum absolute atomic E-state index is 11.5. The van der Waals surface area contributed by atoms with Crippen LogP contribution in [0.5, 0.6) is 0 Å². The van der Waals surface area contributed by atoms with Crippen molar-refractivity contribution in [3.8, 4) is 22.5 Å². The van der Waals surface area contributed by atoms with Crippen LogP contribution < -0.4 is 0 Å². The van der Waals surface area contributed by atoms with Crippen LogP contribution in [0.4, 0.5) is 4.79 Å². The van der Waals surface area contributed by atoms with E-state index >= 15 is 0 Å². The van der Waals surface area contributed by atoms with Gasteiger partial charge in [-0.05, 0) is 19.3 Å². The molecule has 2 aromatic carbocycles. The second kappa shape index (κ2) is 14.5. The van der Waals surface area contributed by atoms with Gasteiger partial charge in [-0.1, -0.05) is 111 Å². The summed E-state index contributed by atoms with van der Waals surface area (Å²) in [6.07, 6.45) is 7.90. The van der Waals surface area contributed by atoms with Crippen LogP contribution in [0.2, 0.25) is 0 Å². The topological polar surface area (TPSA) is 69.2 Å². The molecule has 0 aliphatic carbocycles. The highest BCUT2D eigenvalue weighted by Gasteiger charge is 2.14. The number of rotatable bonds is 15. The summed E-state index contributed by atoms with van der Waals surface area (Å²) < 4.78 is 0. The molecule has 0 bridgehead atoms. The number of hydrogen-bond donors (Lipinski definition) is 2. The lowest BCUT2D eigenvalue weighted by molar-refractivity contribution is 0.143. The number of carboxylic acid groups (broad SMARTS) is 1. The van der Waals surface area contributed by atoms with Crippen LogP contribution in [0.1, 0.15) is 58.3 Å². The van der Waals surface area contributed by atoms with Crippen LogP contribution in [0.3, 0.4) is 0 Å². The van der Waals surface area contributed by atoms with E-state index in [1.165, 1.54) is 19.3 Å². The minimum absolute atomic E-state index is 0.630. The molecular weight excluding hydrogens is 442 g/mol. The van der Waals surface area contributed by atoms with E-state index in [-0.39, 0.29) is 0 Å². The van der Waals surface area contributed by atoms with E-state index in [0.29, 0.717) is 13.1 Å². The van der Waals surface area contributed by atoms with Crippen molar-refractivity contribution in [3.63, 3.8) is 0 Å².